The lowest BCUT2D eigenvalue weighted by Crippen LogP contribution is -2.36. The van der Waals surface area contributed by atoms with Crippen LogP contribution in [0.5, 0.6) is 5.75 Å². The number of carbonyl (C=O) groups is 1. The Kier molecular flexibility index (Phi) is 6.09. The van der Waals surface area contributed by atoms with Crippen LogP contribution >= 0.6 is 7.37 Å². The van der Waals surface area contributed by atoms with Crippen LogP contribution in [-0.4, -0.2) is 23.4 Å². The normalized spacial score (nSPS) is 15.1. The molecular weight excluding hydrogens is 311 g/mol. The molecule has 0 heterocycles. The van der Waals surface area contributed by atoms with Crippen LogP contribution in [-0.2, 0) is 14.1 Å². The van der Waals surface area contributed by atoms with E-state index < -0.39 is 17.9 Å². The predicted molar refractivity (Wildman–Crippen MR) is 94.3 cm³/mol. The topological polar surface area (TPSA) is 52.6 Å². The van der Waals surface area contributed by atoms with Crippen molar-refractivity contribution >= 4 is 13.3 Å². The summed E-state index contributed by atoms with van der Waals surface area (Å²) in [6.45, 7) is 12.7. The summed E-state index contributed by atoms with van der Waals surface area (Å²) >= 11 is 0. The van der Waals surface area contributed by atoms with E-state index in [1.807, 2.05) is 39.0 Å². The van der Waals surface area contributed by atoms with Gasteiger partial charge >= 0.3 is 5.97 Å². The average molecular weight is 340 g/mol. The quantitative estimate of drug-likeness (QED) is 0.533. The fraction of sp³-hybridized carbons (Fsp3) is 0.611. The second kappa shape index (κ2) is 7.09. The molecule has 0 N–H and O–H groups in total. The average Bonchev–Trinajstić information content (AvgIpc) is 2.36. The summed E-state index contributed by atoms with van der Waals surface area (Å²) in [6.07, 6.45) is -0.0740. The molecule has 1 aromatic rings. The number of esters is 1. The van der Waals surface area contributed by atoms with E-state index in [0.29, 0.717) is 5.75 Å². The molecule has 130 valence electrons. The third kappa shape index (κ3) is 5.39. The summed E-state index contributed by atoms with van der Waals surface area (Å²) in [5.74, 6) is 0.201. The molecule has 0 unspecified atom stereocenters. The fourth-order valence-electron chi connectivity index (χ4n) is 2.02. The molecule has 0 spiro atoms. The molecule has 4 nitrogen and oxygen atoms in total. The Morgan fingerprint density at radius 3 is 2.04 bits per heavy atom. The molecule has 0 fully saturated rings. The molecule has 23 heavy (non-hydrogen) atoms. The predicted octanol–water partition coefficient (Wildman–Crippen LogP) is 5.12. The first-order chi connectivity index (χ1) is 10.4. The molecule has 0 aliphatic rings. The molecule has 0 aromatic heterocycles. The van der Waals surface area contributed by atoms with Gasteiger partial charge in [-0.25, -0.2) is 0 Å². The lowest BCUT2D eigenvalue weighted by Gasteiger charge is -2.36. The smallest absolute Gasteiger partial charge is 0.312 e. The van der Waals surface area contributed by atoms with Crippen LogP contribution in [0.15, 0.2) is 30.3 Å². The van der Waals surface area contributed by atoms with Crippen molar-refractivity contribution in [3.05, 3.63) is 30.3 Å². The van der Waals surface area contributed by atoms with Crippen molar-refractivity contribution in [1.29, 1.82) is 0 Å². The molecule has 0 aliphatic carbocycles. The van der Waals surface area contributed by atoms with E-state index in [2.05, 4.69) is 0 Å². The Bertz CT molecular complexity index is 570. The monoisotopic (exact) mass is 340 g/mol. The number of hydrogen-bond acceptors (Lipinski definition) is 4. The van der Waals surface area contributed by atoms with Crippen molar-refractivity contribution in [2.75, 3.05) is 6.16 Å². The van der Waals surface area contributed by atoms with E-state index in [-0.39, 0.29) is 18.2 Å². The van der Waals surface area contributed by atoms with Gasteiger partial charge in [-0.05, 0) is 39.8 Å². The number of ether oxygens (including phenoxy) is 1. The van der Waals surface area contributed by atoms with E-state index in [0.717, 1.165) is 0 Å². The minimum atomic E-state index is -3.14. The maximum absolute atomic E-state index is 13.6. The summed E-state index contributed by atoms with van der Waals surface area (Å²) in [6, 6.07) is 9.09. The minimum absolute atomic E-state index is 0.129. The highest BCUT2D eigenvalue weighted by Gasteiger charge is 2.46. The maximum atomic E-state index is 13.6. The van der Waals surface area contributed by atoms with Gasteiger partial charge in [0, 0.05) is 5.16 Å². The van der Waals surface area contributed by atoms with Crippen LogP contribution in [0, 0.1) is 5.41 Å². The van der Waals surface area contributed by atoms with Crippen LogP contribution in [0.1, 0.15) is 48.5 Å². The van der Waals surface area contributed by atoms with E-state index in [4.69, 9.17) is 9.26 Å². The zero-order chi connectivity index (χ0) is 17.9. The summed E-state index contributed by atoms with van der Waals surface area (Å²) < 4.78 is 24.8. The zero-order valence-corrected chi connectivity index (χ0v) is 16.1. The lowest BCUT2D eigenvalue weighted by molar-refractivity contribution is -0.156. The summed E-state index contributed by atoms with van der Waals surface area (Å²) in [5, 5.41) is -0.585. The highest BCUT2D eigenvalue weighted by atomic mass is 31.2. The van der Waals surface area contributed by atoms with Crippen LogP contribution < -0.4 is 4.52 Å². The number of hydrogen-bond donors (Lipinski definition) is 0. The van der Waals surface area contributed by atoms with Crippen LogP contribution in [0.4, 0.5) is 0 Å². The third-order valence-electron chi connectivity index (χ3n) is 3.52. The van der Waals surface area contributed by atoms with Crippen molar-refractivity contribution in [1.82, 2.24) is 0 Å². The van der Waals surface area contributed by atoms with Gasteiger partial charge < -0.3 is 9.26 Å². The van der Waals surface area contributed by atoms with Gasteiger partial charge in [-0.15, -0.1) is 0 Å². The number of carbonyl (C=O) groups excluding carboxylic acids is 1. The highest BCUT2D eigenvalue weighted by Crippen LogP contribution is 2.61. The SMILES string of the molecule is CC(C)OC(=O)C(C)(C)C[P@@](=O)(Oc1ccccc1)C(C)(C)C. The summed E-state index contributed by atoms with van der Waals surface area (Å²) in [7, 11) is -3.14. The fourth-order valence-corrected chi connectivity index (χ4v) is 4.46. The maximum Gasteiger partial charge on any atom is 0.312 e. The van der Waals surface area contributed by atoms with E-state index in [1.54, 1.807) is 39.8 Å². The highest BCUT2D eigenvalue weighted by molar-refractivity contribution is 7.61. The Balaban J connectivity index is 3.08. The van der Waals surface area contributed by atoms with Crippen LogP contribution in [0.25, 0.3) is 0 Å². The number of rotatable bonds is 6. The van der Waals surface area contributed by atoms with Gasteiger partial charge in [0.1, 0.15) is 5.75 Å². The van der Waals surface area contributed by atoms with Crippen LogP contribution in [0.2, 0.25) is 0 Å². The number of para-hydroxylation sites is 1. The van der Waals surface area contributed by atoms with Gasteiger partial charge in [0.05, 0.1) is 17.7 Å². The lowest BCUT2D eigenvalue weighted by atomic mass is 9.97. The Hall–Kier alpha value is -1.28. The molecule has 0 saturated carbocycles. The second-order valence-corrected chi connectivity index (χ2v) is 10.9. The van der Waals surface area contributed by atoms with Crippen LogP contribution in [0.3, 0.4) is 0 Å². The standard InChI is InChI=1S/C18H29O4P/c1-14(2)21-16(19)18(6,7)13-23(20,17(3,4)5)22-15-11-9-8-10-12-15/h8-12,14H,13H2,1-7H3/t23-/m1/s1. The van der Waals surface area contributed by atoms with E-state index >= 15 is 0 Å². The summed E-state index contributed by atoms with van der Waals surface area (Å²) in [4.78, 5) is 12.3. The molecule has 5 heteroatoms. The van der Waals surface area contributed by atoms with E-state index in [9.17, 15) is 9.36 Å². The molecule has 1 atom stereocenters. The summed E-state index contributed by atoms with van der Waals surface area (Å²) in [5.41, 5.74) is -0.887. The van der Waals surface area contributed by atoms with Gasteiger partial charge in [0.15, 0.2) is 0 Å². The van der Waals surface area contributed by atoms with Crippen molar-refractivity contribution in [3.8, 4) is 5.75 Å². The van der Waals surface area contributed by atoms with Crippen molar-refractivity contribution in [2.45, 2.75) is 59.7 Å². The zero-order valence-electron chi connectivity index (χ0n) is 15.3. The Morgan fingerprint density at radius 2 is 1.61 bits per heavy atom. The van der Waals surface area contributed by atoms with Gasteiger partial charge in [0.2, 0.25) is 0 Å². The second-order valence-electron chi connectivity index (χ2n) is 7.74. The van der Waals surface area contributed by atoms with Gasteiger partial charge in [-0.2, -0.15) is 0 Å². The first kappa shape index (κ1) is 19.8. The van der Waals surface area contributed by atoms with Gasteiger partial charge in [-0.1, -0.05) is 39.0 Å². The van der Waals surface area contributed by atoms with Gasteiger partial charge in [-0.3, -0.25) is 9.36 Å². The minimum Gasteiger partial charge on any atom is -0.463 e. The largest absolute Gasteiger partial charge is 0.463 e. The van der Waals surface area contributed by atoms with E-state index in [1.165, 1.54) is 0 Å². The molecule has 0 amide bonds. The molecular formula is C18H29O4P. The first-order valence-corrected chi connectivity index (χ1v) is 9.73. The molecule has 0 saturated heterocycles. The Morgan fingerprint density at radius 1 is 1.09 bits per heavy atom. The van der Waals surface area contributed by atoms with Crippen molar-refractivity contribution in [3.63, 3.8) is 0 Å². The Labute approximate surface area is 140 Å². The third-order valence-corrected chi connectivity index (χ3v) is 7.27. The molecule has 1 aromatic carbocycles. The molecule has 0 aliphatic heterocycles. The molecule has 0 radical (unpaired) electrons. The van der Waals surface area contributed by atoms with Crippen molar-refractivity contribution in [2.24, 2.45) is 5.41 Å². The van der Waals surface area contributed by atoms with Gasteiger partial charge in [0.25, 0.3) is 7.37 Å². The molecule has 0 bridgehead atoms. The first-order valence-electron chi connectivity index (χ1n) is 7.92. The molecule has 1 rings (SSSR count). The van der Waals surface area contributed by atoms with Crippen molar-refractivity contribution < 1.29 is 18.6 Å². The number of benzene rings is 1.